The van der Waals surface area contributed by atoms with Crippen molar-refractivity contribution in [1.29, 1.82) is 0 Å². The number of pyridine rings is 1. The number of fused-ring (bicyclic) bond motifs is 1. The van der Waals surface area contributed by atoms with Crippen LogP contribution in [0.1, 0.15) is 12.8 Å². The minimum absolute atomic E-state index is 0.371. The molecule has 0 amide bonds. The van der Waals surface area contributed by atoms with Crippen LogP contribution in [-0.2, 0) is 6.54 Å². The van der Waals surface area contributed by atoms with Crippen LogP contribution in [0.4, 0.5) is 0 Å². The summed E-state index contributed by atoms with van der Waals surface area (Å²) in [6.07, 6.45) is 4.18. The molecule has 1 saturated heterocycles. The molecule has 1 N–H and O–H groups in total. The monoisotopic (exact) mass is 302 g/mol. The third-order valence-corrected chi connectivity index (χ3v) is 4.07. The van der Waals surface area contributed by atoms with Crippen molar-refractivity contribution >= 4 is 22.8 Å². The summed E-state index contributed by atoms with van der Waals surface area (Å²) >= 11 is 5.90. The standard InChI is InChI=1S/C15H15ClN4O/c16-13-6-5-12(21-13)15-19-11-4-2-8-18-14(11)20(15)9-10-3-1-7-17-10/h2,4-6,8,10,17H,1,3,7,9H2. The van der Waals surface area contributed by atoms with Gasteiger partial charge in [-0.25, -0.2) is 9.97 Å². The molecule has 0 saturated carbocycles. The molecule has 1 atom stereocenters. The van der Waals surface area contributed by atoms with E-state index in [-0.39, 0.29) is 0 Å². The van der Waals surface area contributed by atoms with Crippen molar-refractivity contribution < 1.29 is 4.42 Å². The number of imidazole rings is 1. The molecule has 1 aliphatic rings. The van der Waals surface area contributed by atoms with Crippen molar-refractivity contribution in [3.05, 3.63) is 35.7 Å². The van der Waals surface area contributed by atoms with Crippen molar-refractivity contribution in [1.82, 2.24) is 19.9 Å². The van der Waals surface area contributed by atoms with Crippen LogP contribution in [0.2, 0.25) is 5.22 Å². The maximum Gasteiger partial charge on any atom is 0.194 e. The van der Waals surface area contributed by atoms with E-state index in [4.69, 9.17) is 16.0 Å². The summed E-state index contributed by atoms with van der Waals surface area (Å²) in [5.41, 5.74) is 1.76. The number of hydrogen-bond donors (Lipinski definition) is 1. The van der Waals surface area contributed by atoms with Crippen molar-refractivity contribution in [2.24, 2.45) is 0 Å². The second-order valence-corrected chi connectivity index (χ2v) is 5.66. The highest BCUT2D eigenvalue weighted by Gasteiger charge is 2.21. The fourth-order valence-electron chi connectivity index (χ4n) is 2.89. The Balaban J connectivity index is 1.84. The van der Waals surface area contributed by atoms with Gasteiger partial charge in [-0.2, -0.15) is 0 Å². The summed E-state index contributed by atoms with van der Waals surface area (Å²) < 4.78 is 7.66. The smallest absolute Gasteiger partial charge is 0.194 e. The zero-order chi connectivity index (χ0) is 14.2. The fraction of sp³-hybridized carbons (Fsp3) is 0.333. The lowest BCUT2D eigenvalue weighted by molar-refractivity contribution is 0.509. The maximum atomic E-state index is 5.90. The van der Waals surface area contributed by atoms with Crippen molar-refractivity contribution in [3.8, 4) is 11.6 Å². The molecule has 4 heterocycles. The van der Waals surface area contributed by atoms with Crippen LogP contribution in [0.3, 0.4) is 0 Å². The third kappa shape index (κ3) is 2.32. The average Bonchev–Trinajstić information content (AvgIpc) is 3.20. The number of halogens is 1. The molecule has 0 radical (unpaired) electrons. The number of nitrogens with one attached hydrogen (secondary N) is 1. The Hall–Kier alpha value is -1.85. The van der Waals surface area contributed by atoms with Crippen LogP contribution in [0.15, 0.2) is 34.9 Å². The molecule has 0 bridgehead atoms. The number of nitrogens with zero attached hydrogens (tertiary/aromatic N) is 3. The van der Waals surface area contributed by atoms with E-state index in [2.05, 4.69) is 19.9 Å². The maximum absolute atomic E-state index is 5.90. The first kappa shape index (κ1) is 12.9. The van der Waals surface area contributed by atoms with E-state index in [0.717, 1.165) is 30.1 Å². The van der Waals surface area contributed by atoms with Gasteiger partial charge in [0.2, 0.25) is 0 Å². The summed E-state index contributed by atoms with van der Waals surface area (Å²) in [7, 11) is 0. The van der Waals surface area contributed by atoms with Crippen molar-refractivity contribution in [3.63, 3.8) is 0 Å². The van der Waals surface area contributed by atoms with Crippen LogP contribution in [0.5, 0.6) is 0 Å². The second-order valence-electron chi connectivity index (χ2n) is 5.29. The molecule has 0 spiro atoms. The molecule has 0 aliphatic carbocycles. The van der Waals surface area contributed by atoms with E-state index in [9.17, 15) is 0 Å². The average molecular weight is 303 g/mol. The SMILES string of the molecule is Clc1ccc(-c2nc3cccnc3n2CC2CCCN2)o1. The molecule has 1 fully saturated rings. The van der Waals surface area contributed by atoms with Crippen LogP contribution in [0.25, 0.3) is 22.7 Å². The predicted molar refractivity (Wildman–Crippen MR) is 81.3 cm³/mol. The molecule has 21 heavy (non-hydrogen) atoms. The first-order valence-corrected chi connectivity index (χ1v) is 7.49. The molecule has 5 nitrogen and oxygen atoms in total. The molecule has 3 aromatic heterocycles. The summed E-state index contributed by atoms with van der Waals surface area (Å²) in [5, 5.41) is 3.88. The van der Waals surface area contributed by atoms with Gasteiger partial charge in [-0.05, 0) is 55.3 Å². The van der Waals surface area contributed by atoms with Gasteiger partial charge in [0.1, 0.15) is 5.52 Å². The number of hydrogen-bond acceptors (Lipinski definition) is 4. The van der Waals surface area contributed by atoms with Gasteiger partial charge in [0.25, 0.3) is 0 Å². The van der Waals surface area contributed by atoms with Gasteiger partial charge in [0.05, 0.1) is 0 Å². The number of rotatable bonds is 3. The van der Waals surface area contributed by atoms with Gasteiger partial charge in [-0.3, -0.25) is 0 Å². The topological polar surface area (TPSA) is 55.9 Å². The summed E-state index contributed by atoms with van der Waals surface area (Å²) in [5.74, 6) is 1.46. The van der Waals surface area contributed by atoms with E-state index in [0.29, 0.717) is 17.0 Å². The highest BCUT2D eigenvalue weighted by atomic mass is 35.5. The van der Waals surface area contributed by atoms with E-state index in [1.54, 1.807) is 12.3 Å². The molecule has 4 rings (SSSR count). The minimum atomic E-state index is 0.371. The lowest BCUT2D eigenvalue weighted by atomic mass is 10.2. The summed E-state index contributed by atoms with van der Waals surface area (Å²) in [6.45, 7) is 1.91. The fourth-order valence-corrected chi connectivity index (χ4v) is 3.03. The molecule has 108 valence electrons. The lowest BCUT2D eigenvalue weighted by Gasteiger charge is -2.13. The van der Waals surface area contributed by atoms with Gasteiger partial charge in [-0.15, -0.1) is 0 Å². The first-order valence-electron chi connectivity index (χ1n) is 7.11. The molecule has 0 aromatic carbocycles. The van der Waals surface area contributed by atoms with Crippen molar-refractivity contribution in [2.45, 2.75) is 25.4 Å². The zero-order valence-electron chi connectivity index (χ0n) is 11.4. The first-order chi connectivity index (χ1) is 10.3. The third-order valence-electron chi connectivity index (χ3n) is 3.86. The van der Waals surface area contributed by atoms with E-state index < -0.39 is 0 Å². The Morgan fingerprint density at radius 2 is 2.33 bits per heavy atom. The quantitative estimate of drug-likeness (QED) is 0.808. The van der Waals surface area contributed by atoms with Gasteiger partial charge in [-0.1, -0.05) is 0 Å². The predicted octanol–water partition coefficient (Wildman–Crippen LogP) is 3.10. The minimum Gasteiger partial charge on any atom is -0.441 e. The van der Waals surface area contributed by atoms with Crippen LogP contribution in [-0.4, -0.2) is 27.1 Å². The largest absolute Gasteiger partial charge is 0.441 e. The second kappa shape index (κ2) is 5.16. The Bertz CT molecular complexity index is 773. The molecule has 3 aromatic rings. The summed E-state index contributed by atoms with van der Waals surface area (Å²) in [4.78, 5) is 9.13. The van der Waals surface area contributed by atoms with Gasteiger partial charge < -0.3 is 14.3 Å². The molecular weight excluding hydrogens is 288 g/mol. The number of aromatic nitrogens is 3. The van der Waals surface area contributed by atoms with Gasteiger partial charge >= 0.3 is 0 Å². The van der Waals surface area contributed by atoms with E-state index in [1.165, 1.54) is 12.8 Å². The summed E-state index contributed by atoms with van der Waals surface area (Å²) in [6, 6.07) is 7.90. The number of furan rings is 1. The normalized spacial score (nSPS) is 18.6. The Kier molecular flexibility index (Phi) is 3.16. The van der Waals surface area contributed by atoms with Crippen LogP contribution < -0.4 is 5.32 Å². The van der Waals surface area contributed by atoms with Crippen LogP contribution >= 0.6 is 11.6 Å². The van der Waals surface area contributed by atoms with E-state index >= 15 is 0 Å². The highest BCUT2D eigenvalue weighted by molar-refractivity contribution is 6.28. The molecular formula is C15H15ClN4O. The molecule has 1 unspecified atom stereocenters. The van der Waals surface area contributed by atoms with Crippen LogP contribution in [0, 0.1) is 0 Å². The Labute approximate surface area is 126 Å². The van der Waals surface area contributed by atoms with E-state index in [1.807, 2.05) is 18.2 Å². The molecule has 1 aliphatic heterocycles. The lowest BCUT2D eigenvalue weighted by Crippen LogP contribution is -2.27. The zero-order valence-corrected chi connectivity index (χ0v) is 12.2. The Morgan fingerprint density at radius 1 is 1.38 bits per heavy atom. The van der Waals surface area contributed by atoms with Crippen molar-refractivity contribution in [2.75, 3.05) is 6.54 Å². The molecule has 6 heteroatoms. The van der Waals surface area contributed by atoms with Gasteiger partial charge in [0.15, 0.2) is 22.5 Å². The van der Waals surface area contributed by atoms with Gasteiger partial charge in [0, 0.05) is 18.8 Å². The highest BCUT2D eigenvalue weighted by Crippen LogP contribution is 2.28. The Morgan fingerprint density at radius 3 is 3.10 bits per heavy atom.